The second kappa shape index (κ2) is 10.1. The molecule has 11 heteroatoms. The number of imide groups is 1. The second-order valence-corrected chi connectivity index (χ2v) is 12.8. The zero-order valence-corrected chi connectivity index (χ0v) is 23.6. The van der Waals surface area contributed by atoms with Gasteiger partial charge in [0, 0.05) is 17.2 Å². The van der Waals surface area contributed by atoms with Gasteiger partial charge in [0.1, 0.15) is 0 Å². The molecule has 2 aliphatic carbocycles. The van der Waals surface area contributed by atoms with Crippen molar-refractivity contribution in [3.63, 3.8) is 0 Å². The first-order valence-electron chi connectivity index (χ1n) is 13.4. The smallest absolute Gasteiger partial charge is 0.283 e. The Morgan fingerprint density at radius 3 is 2.21 bits per heavy atom. The molecule has 42 heavy (non-hydrogen) atoms. The lowest BCUT2D eigenvalue weighted by Gasteiger charge is -2.19. The number of Topliss-reactive ketones (excluding diaryl/α,β-unsaturated/α-hetero) is 2. The van der Waals surface area contributed by atoms with Gasteiger partial charge in [-0.25, -0.2) is 4.98 Å². The number of amides is 2. The SMILES string of the molecule is O=C1C(=Cc2ccc(Sc3nc4ccc(N5C(=O)[C@H]6CCCC[C@H]6C5=O)cc4s3)c([N+](=O)[O-])c2)C(=O)c2ccccc21. The lowest BCUT2D eigenvalue weighted by Crippen LogP contribution is -2.30. The second-order valence-electron chi connectivity index (χ2n) is 10.5. The van der Waals surface area contributed by atoms with Crippen molar-refractivity contribution in [2.24, 2.45) is 11.8 Å². The molecule has 208 valence electrons. The molecule has 2 amide bonds. The van der Waals surface area contributed by atoms with Crippen LogP contribution in [0.1, 0.15) is 52.0 Å². The Morgan fingerprint density at radius 2 is 1.57 bits per heavy atom. The average Bonchev–Trinajstić information content (AvgIpc) is 3.59. The zero-order valence-electron chi connectivity index (χ0n) is 21.9. The maximum Gasteiger partial charge on any atom is 0.283 e. The van der Waals surface area contributed by atoms with Crippen LogP contribution >= 0.6 is 23.1 Å². The van der Waals surface area contributed by atoms with Gasteiger partial charge in [0.05, 0.1) is 43.1 Å². The van der Waals surface area contributed by atoms with Crippen molar-refractivity contribution in [2.45, 2.75) is 34.9 Å². The number of ketones is 2. The molecule has 2 atom stereocenters. The first-order chi connectivity index (χ1) is 20.3. The van der Waals surface area contributed by atoms with Crippen LogP contribution in [0.3, 0.4) is 0 Å². The van der Waals surface area contributed by atoms with Crippen LogP contribution in [0.2, 0.25) is 0 Å². The topological polar surface area (TPSA) is 128 Å². The maximum absolute atomic E-state index is 13.0. The minimum absolute atomic E-state index is 0.0258. The molecule has 4 aromatic rings. The average molecular weight is 596 g/mol. The third kappa shape index (κ3) is 4.27. The van der Waals surface area contributed by atoms with Gasteiger partial charge in [-0.1, -0.05) is 54.9 Å². The van der Waals surface area contributed by atoms with Crippen LogP contribution in [0.4, 0.5) is 11.4 Å². The summed E-state index contributed by atoms with van der Waals surface area (Å²) >= 11 is 2.45. The van der Waals surface area contributed by atoms with Crippen LogP contribution < -0.4 is 4.90 Å². The number of nitro groups is 1. The van der Waals surface area contributed by atoms with E-state index in [1.807, 2.05) is 0 Å². The van der Waals surface area contributed by atoms with Gasteiger partial charge in [0.2, 0.25) is 11.8 Å². The third-order valence-electron chi connectivity index (χ3n) is 8.05. The van der Waals surface area contributed by atoms with E-state index < -0.39 is 16.5 Å². The number of carbonyl (C=O) groups excluding carboxylic acids is 4. The van der Waals surface area contributed by atoms with Gasteiger partial charge >= 0.3 is 0 Å². The van der Waals surface area contributed by atoms with E-state index in [0.717, 1.165) is 42.1 Å². The Hall–Kier alpha value is -4.48. The van der Waals surface area contributed by atoms with Gasteiger partial charge in [-0.3, -0.25) is 34.2 Å². The molecular formula is C31H21N3O6S2. The number of hydrogen-bond acceptors (Lipinski definition) is 9. The van der Waals surface area contributed by atoms with Crippen LogP contribution in [0.5, 0.6) is 0 Å². The molecule has 3 aromatic carbocycles. The highest BCUT2D eigenvalue weighted by atomic mass is 32.2. The molecule has 7 rings (SSSR count). The summed E-state index contributed by atoms with van der Waals surface area (Å²) < 4.78 is 1.31. The largest absolute Gasteiger partial charge is 0.288 e. The molecule has 0 radical (unpaired) electrons. The molecule has 1 saturated heterocycles. The summed E-state index contributed by atoms with van der Waals surface area (Å²) in [5.41, 5.74) is 1.99. The number of thiazole rings is 1. The van der Waals surface area contributed by atoms with Crippen molar-refractivity contribution in [3.8, 4) is 0 Å². The van der Waals surface area contributed by atoms with E-state index >= 15 is 0 Å². The number of hydrogen-bond donors (Lipinski definition) is 0. The van der Waals surface area contributed by atoms with Crippen LogP contribution in [0.25, 0.3) is 16.3 Å². The Bertz CT molecular complexity index is 1850. The number of carbonyl (C=O) groups is 4. The van der Waals surface area contributed by atoms with Crippen molar-refractivity contribution < 1.29 is 24.1 Å². The number of nitrogens with zero attached hydrogens (tertiary/aromatic N) is 3. The highest BCUT2D eigenvalue weighted by Gasteiger charge is 2.48. The molecule has 1 aliphatic heterocycles. The van der Waals surface area contributed by atoms with E-state index in [1.165, 1.54) is 28.4 Å². The predicted molar refractivity (Wildman–Crippen MR) is 158 cm³/mol. The van der Waals surface area contributed by atoms with Crippen LogP contribution in [-0.2, 0) is 9.59 Å². The predicted octanol–water partition coefficient (Wildman–Crippen LogP) is 6.50. The number of fused-ring (bicyclic) bond motifs is 3. The summed E-state index contributed by atoms with van der Waals surface area (Å²) in [6.45, 7) is 0. The lowest BCUT2D eigenvalue weighted by molar-refractivity contribution is -0.387. The molecule has 0 bridgehead atoms. The minimum atomic E-state index is -0.507. The van der Waals surface area contributed by atoms with E-state index in [9.17, 15) is 29.3 Å². The number of benzene rings is 3. The fourth-order valence-corrected chi connectivity index (χ4v) is 8.15. The van der Waals surface area contributed by atoms with E-state index in [2.05, 4.69) is 4.98 Å². The molecule has 2 heterocycles. The van der Waals surface area contributed by atoms with E-state index in [0.29, 0.717) is 37.1 Å². The molecule has 3 aliphatic rings. The number of anilines is 1. The zero-order chi connectivity index (χ0) is 29.1. The fraction of sp³-hybridized carbons (Fsp3) is 0.194. The monoisotopic (exact) mass is 595 g/mol. The van der Waals surface area contributed by atoms with Gasteiger partial charge in [-0.15, -0.1) is 11.3 Å². The molecule has 0 unspecified atom stereocenters. The number of nitro benzene ring substituents is 1. The van der Waals surface area contributed by atoms with Crippen LogP contribution in [-0.4, -0.2) is 33.3 Å². The summed E-state index contributed by atoms with van der Waals surface area (Å²) in [5, 5.41) is 12.0. The van der Waals surface area contributed by atoms with E-state index in [1.54, 1.807) is 54.6 Å². The number of aromatic nitrogens is 1. The highest BCUT2D eigenvalue weighted by molar-refractivity contribution is 8.01. The standard InChI is InChI=1S/C31H21N3O6S2/c35-27-18-5-1-2-6-19(18)28(36)22(27)13-16-9-12-25(24(14-16)34(39)40)41-31-32-23-11-10-17(15-26(23)42-31)33-29(37)20-7-3-4-8-21(20)30(33)38/h1-2,5-6,9-15,20-21H,3-4,7-8H2/t20-,21+. The van der Waals surface area contributed by atoms with E-state index in [-0.39, 0.29) is 34.9 Å². The molecule has 1 aromatic heterocycles. The third-order valence-corrected chi connectivity index (χ3v) is 10.2. The molecule has 0 spiro atoms. The quantitative estimate of drug-likeness (QED) is 0.0841. The molecular weight excluding hydrogens is 574 g/mol. The summed E-state index contributed by atoms with van der Waals surface area (Å²) in [7, 11) is 0. The Balaban J connectivity index is 1.16. The van der Waals surface area contributed by atoms with Gasteiger partial charge in [0.25, 0.3) is 5.69 Å². The number of allylic oxidation sites excluding steroid dienone is 1. The van der Waals surface area contributed by atoms with Crippen molar-refractivity contribution in [1.82, 2.24) is 4.98 Å². The number of rotatable bonds is 5. The normalized spacial score (nSPS) is 19.9. The first-order valence-corrected chi connectivity index (χ1v) is 15.1. The van der Waals surface area contributed by atoms with Crippen molar-refractivity contribution in [2.75, 3.05) is 4.90 Å². The molecule has 0 N–H and O–H groups in total. The van der Waals surface area contributed by atoms with Gasteiger partial charge < -0.3 is 0 Å². The fourth-order valence-electron chi connectivity index (χ4n) is 6.01. The Labute approximate surface area is 247 Å². The maximum atomic E-state index is 13.0. The summed E-state index contributed by atoms with van der Waals surface area (Å²) in [4.78, 5) is 69.4. The minimum Gasteiger partial charge on any atom is -0.288 e. The van der Waals surface area contributed by atoms with Gasteiger partial charge in [-0.05, 0) is 48.7 Å². The summed E-state index contributed by atoms with van der Waals surface area (Å²) in [6, 6.07) is 16.3. The molecule has 9 nitrogen and oxygen atoms in total. The summed E-state index contributed by atoms with van der Waals surface area (Å²) in [5.74, 6) is -1.57. The molecule has 1 saturated carbocycles. The molecule has 2 fully saturated rings. The van der Waals surface area contributed by atoms with Crippen molar-refractivity contribution in [3.05, 3.63) is 93.0 Å². The van der Waals surface area contributed by atoms with Crippen LogP contribution in [0.15, 0.2) is 75.5 Å². The Kier molecular flexibility index (Phi) is 6.36. The van der Waals surface area contributed by atoms with Crippen LogP contribution in [0, 0.1) is 22.0 Å². The van der Waals surface area contributed by atoms with Gasteiger partial charge in [0.15, 0.2) is 15.9 Å². The van der Waals surface area contributed by atoms with Crippen molar-refractivity contribution in [1.29, 1.82) is 0 Å². The first kappa shape index (κ1) is 26.4. The van der Waals surface area contributed by atoms with E-state index in [4.69, 9.17) is 0 Å². The van der Waals surface area contributed by atoms with Gasteiger partial charge in [-0.2, -0.15) is 0 Å². The summed E-state index contributed by atoms with van der Waals surface area (Å²) in [6.07, 6.45) is 4.78. The lowest BCUT2D eigenvalue weighted by atomic mass is 9.81. The van der Waals surface area contributed by atoms with Crippen molar-refractivity contribution >= 4 is 74.1 Å². The Morgan fingerprint density at radius 1 is 0.905 bits per heavy atom. The highest BCUT2D eigenvalue weighted by Crippen LogP contribution is 2.43.